The van der Waals surface area contributed by atoms with Gasteiger partial charge in [-0.2, -0.15) is 0 Å². The van der Waals surface area contributed by atoms with Gasteiger partial charge in [0, 0.05) is 3.57 Å². The molecule has 0 unspecified atom stereocenters. The van der Waals surface area contributed by atoms with Crippen molar-refractivity contribution in [1.82, 2.24) is 4.90 Å². The van der Waals surface area contributed by atoms with Gasteiger partial charge in [0.2, 0.25) is 0 Å². The average Bonchev–Trinajstić information content (AvgIpc) is 3.03. The number of amides is 2. The van der Waals surface area contributed by atoms with Crippen molar-refractivity contribution < 1.29 is 14.3 Å². The highest BCUT2D eigenvalue weighted by molar-refractivity contribution is 14.1. The second kappa shape index (κ2) is 9.89. The van der Waals surface area contributed by atoms with Gasteiger partial charge < -0.3 is 4.74 Å². The molecule has 2 amide bonds. The molecule has 0 saturated carbocycles. The van der Waals surface area contributed by atoms with E-state index < -0.39 is 0 Å². The first-order valence-electron chi connectivity index (χ1n) is 9.46. The molecule has 1 heterocycles. The maximum absolute atomic E-state index is 12.8. The molecule has 3 aromatic rings. The molecule has 0 N–H and O–H groups in total. The Labute approximate surface area is 203 Å². The number of benzene rings is 3. The molecule has 156 valence electrons. The van der Waals surface area contributed by atoms with E-state index in [4.69, 9.17) is 16.3 Å². The second-order valence-electron chi connectivity index (χ2n) is 6.86. The van der Waals surface area contributed by atoms with Gasteiger partial charge in [-0.05, 0) is 81.4 Å². The Hall–Kier alpha value is -2.29. The van der Waals surface area contributed by atoms with E-state index in [1.807, 2.05) is 60.7 Å². The zero-order chi connectivity index (χ0) is 21.8. The number of ether oxygens (including phenoxy) is 1. The van der Waals surface area contributed by atoms with E-state index in [2.05, 4.69) is 22.6 Å². The summed E-state index contributed by atoms with van der Waals surface area (Å²) in [4.78, 5) is 26.8. The van der Waals surface area contributed by atoms with E-state index in [-0.39, 0.29) is 17.7 Å². The third-order valence-corrected chi connectivity index (χ3v) is 6.54. The smallest absolute Gasteiger partial charge is 0.293 e. The Morgan fingerprint density at radius 3 is 2.42 bits per heavy atom. The number of hydrogen-bond donors (Lipinski definition) is 0. The summed E-state index contributed by atoms with van der Waals surface area (Å²) in [6.07, 6.45) is 1.69. The Bertz CT molecular complexity index is 1150. The minimum absolute atomic E-state index is 0.256. The molecule has 1 aliphatic rings. The van der Waals surface area contributed by atoms with E-state index >= 15 is 0 Å². The van der Waals surface area contributed by atoms with E-state index in [0.29, 0.717) is 22.3 Å². The van der Waals surface area contributed by atoms with Gasteiger partial charge in [-0.25, -0.2) is 0 Å². The quantitative estimate of drug-likeness (QED) is 0.246. The fourth-order valence-electron chi connectivity index (χ4n) is 3.02. The molecule has 0 spiro atoms. The molecule has 4 rings (SSSR count). The minimum atomic E-state index is -0.297. The zero-order valence-corrected chi connectivity index (χ0v) is 20.0. The molecule has 4 nitrogen and oxygen atoms in total. The van der Waals surface area contributed by atoms with Crippen LogP contribution in [0.25, 0.3) is 6.08 Å². The van der Waals surface area contributed by atoms with Crippen LogP contribution in [0.4, 0.5) is 4.79 Å². The summed E-state index contributed by atoms with van der Waals surface area (Å²) in [5.41, 5.74) is 2.69. The van der Waals surface area contributed by atoms with E-state index in [1.165, 1.54) is 4.90 Å². The summed E-state index contributed by atoms with van der Waals surface area (Å²) in [7, 11) is 0. The largest absolute Gasteiger partial charge is 0.487 e. The number of imide groups is 1. The fraction of sp³-hybridized carbons (Fsp3) is 0.0833. The van der Waals surface area contributed by atoms with Crippen molar-refractivity contribution in [3.8, 4) is 5.75 Å². The second-order valence-corrected chi connectivity index (χ2v) is 9.50. The molecule has 7 heteroatoms. The molecule has 3 aromatic carbocycles. The number of thioether (sulfide) groups is 1. The number of carbonyl (C=O) groups is 2. The van der Waals surface area contributed by atoms with Gasteiger partial charge in [-0.3, -0.25) is 14.5 Å². The summed E-state index contributed by atoms with van der Waals surface area (Å²) in [6.45, 7) is 0.670. The highest BCUT2D eigenvalue weighted by atomic mass is 127. The summed E-state index contributed by atoms with van der Waals surface area (Å²) < 4.78 is 6.89. The van der Waals surface area contributed by atoms with Crippen LogP contribution in [-0.4, -0.2) is 16.0 Å². The molecule has 31 heavy (non-hydrogen) atoms. The molecule has 0 atom stereocenters. The van der Waals surface area contributed by atoms with Gasteiger partial charge in [0.1, 0.15) is 12.4 Å². The van der Waals surface area contributed by atoms with Crippen LogP contribution in [0.1, 0.15) is 16.7 Å². The van der Waals surface area contributed by atoms with Crippen LogP contribution < -0.4 is 4.74 Å². The number of halogens is 2. The molecule has 0 bridgehead atoms. The lowest BCUT2D eigenvalue weighted by molar-refractivity contribution is -0.123. The lowest BCUT2D eigenvalue weighted by Crippen LogP contribution is -2.27. The summed E-state index contributed by atoms with van der Waals surface area (Å²) in [5, 5.41) is 0.173. The Kier molecular flexibility index (Phi) is 6.99. The van der Waals surface area contributed by atoms with Crippen molar-refractivity contribution in [3.63, 3.8) is 0 Å². The maximum atomic E-state index is 12.8. The van der Waals surface area contributed by atoms with Gasteiger partial charge >= 0.3 is 0 Å². The highest BCUT2D eigenvalue weighted by Crippen LogP contribution is 2.34. The highest BCUT2D eigenvalue weighted by Gasteiger charge is 2.35. The third-order valence-electron chi connectivity index (χ3n) is 4.62. The molecular weight excluding hydrogens is 545 g/mol. The number of hydrogen-bond acceptors (Lipinski definition) is 4. The van der Waals surface area contributed by atoms with Gasteiger partial charge in [0.25, 0.3) is 11.1 Å². The SMILES string of the molecule is O=C1S/C(=C\c2ccc(OCc3ccccc3)c(Cl)c2)C(=O)N1Cc1ccc(I)cc1. The lowest BCUT2D eigenvalue weighted by Gasteiger charge is -2.12. The van der Waals surface area contributed by atoms with Crippen LogP contribution >= 0.6 is 46.0 Å². The molecule has 0 aliphatic carbocycles. The van der Waals surface area contributed by atoms with Crippen LogP contribution in [0.5, 0.6) is 5.75 Å². The predicted octanol–water partition coefficient (Wildman–Crippen LogP) is 6.76. The molecular formula is C24H17ClINO3S. The van der Waals surface area contributed by atoms with E-state index in [1.54, 1.807) is 18.2 Å². The standard InChI is InChI=1S/C24H17ClINO3S/c25-20-12-18(8-11-21(20)30-15-17-4-2-1-3-5-17)13-22-23(28)27(24(29)31-22)14-16-6-9-19(26)10-7-16/h1-13H,14-15H2/b22-13-. The molecule has 1 aliphatic heterocycles. The number of nitrogens with zero attached hydrogens (tertiary/aromatic N) is 1. The van der Waals surface area contributed by atoms with Crippen molar-refractivity contribution >= 4 is 63.2 Å². The Balaban J connectivity index is 1.45. The monoisotopic (exact) mass is 561 g/mol. The first-order valence-corrected chi connectivity index (χ1v) is 11.7. The van der Waals surface area contributed by atoms with Gasteiger partial charge in [-0.15, -0.1) is 0 Å². The predicted molar refractivity (Wildman–Crippen MR) is 133 cm³/mol. The van der Waals surface area contributed by atoms with Gasteiger partial charge in [-0.1, -0.05) is 60.1 Å². The van der Waals surface area contributed by atoms with Crippen LogP contribution in [0.3, 0.4) is 0 Å². The van der Waals surface area contributed by atoms with Crippen molar-refractivity contribution in [3.05, 3.63) is 103 Å². The molecule has 1 saturated heterocycles. The molecule has 0 aromatic heterocycles. The normalized spacial score (nSPS) is 15.0. The van der Waals surface area contributed by atoms with Gasteiger partial charge in [0.05, 0.1) is 16.5 Å². The zero-order valence-electron chi connectivity index (χ0n) is 16.3. The average molecular weight is 562 g/mol. The van der Waals surface area contributed by atoms with E-state index in [9.17, 15) is 9.59 Å². The fourth-order valence-corrected chi connectivity index (χ4v) is 4.46. The Morgan fingerprint density at radius 2 is 1.71 bits per heavy atom. The maximum Gasteiger partial charge on any atom is 0.293 e. The summed E-state index contributed by atoms with van der Waals surface area (Å²) >= 11 is 9.53. The van der Waals surface area contributed by atoms with Crippen LogP contribution in [0.15, 0.2) is 77.7 Å². The van der Waals surface area contributed by atoms with E-state index in [0.717, 1.165) is 32.0 Å². The van der Waals surface area contributed by atoms with Gasteiger partial charge in [0.15, 0.2) is 0 Å². The first kappa shape index (κ1) is 21.9. The van der Waals surface area contributed by atoms with Crippen LogP contribution in [0, 0.1) is 3.57 Å². The van der Waals surface area contributed by atoms with Crippen LogP contribution in [0.2, 0.25) is 5.02 Å². The van der Waals surface area contributed by atoms with Crippen molar-refractivity contribution in [1.29, 1.82) is 0 Å². The topological polar surface area (TPSA) is 46.6 Å². The number of rotatable bonds is 6. The third kappa shape index (κ3) is 5.50. The molecule has 1 fully saturated rings. The number of carbonyl (C=O) groups excluding carboxylic acids is 2. The minimum Gasteiger partial charge on any atom is -0.487 e. The summed E-state index contributed by atoms with van der Waals surface area (Å²) in [5.74, 6) is 0.267. The Morgan fingerprint density at radius 1 is 0.968 bits per heavy atom. The van der Waals surface area contributed by atoms with Crippen molar-refractivity contribution in [2.45, 2.75) is 13.2 Å². The van der Waals surface area contributed by atoms with Crippen molar-refractivity contribution in [2.75, 3.05) is 0 Å². The van der Waals surface area contributed by atoms with Crippen molar-refractivity contribution in [2.24, 2.45) is 0 Å². The molecule has 0 radical (unpaired) electrons. The lowest BCUT2D eigenvalue weighted by atomic mass is 10.2. The first-order chi connectivity index (χ1) is 15.0. The summed E-state index contributed by atoms with van der Waals surface area (Å²) in [6, 6.07) is 22.9. The van der Waals surface area contributed by atoms with Crippen LogP contribution in [-0.2, 0) is 17.9 Å².